The molecule has 3 atom stereocenters. The van der Waals surface area contributed by atoms with E-state index in [4.69, 9.17) is 11.6 Å². The number of benzene rings is 2. The number of carbonyl (C=O) groups is 1. The molecule has 1 saturated heterocycles. The Kier molecular flexibility index (Phi) is 3.23. The summed E-state index contributed by atoms with van der Waals surface area (Å²) in [5.74, 6) is 1.07. The average Bonchev–Trinajstić information content (AvgIpc) is 2.87. The van der Waals surface area contributed by atoms with Crippen LogP contribution in [0.1, 0.15) is 41.5 Å². The first-order valence-electron chi connectivity index (χ1n) is 7.77. The Bertz CT molecular complexity index is 724. The molecule has 0 saturated carbocycles. The van der Waals surface area contributed by atoms with Gasteiger partial charge in [-0.05, 0) is 41.2 Å². The van der Waals surface area contributed by atoms with Crippen LogP contribution in [0.15, 0.2) is 48.5 Å². The van der Waals surface area contributed by atoms with E-state index in [-0.39, 0.29) is 11.9 Å². The van der Waals surface area contributed by atoms with Gasteiger partial charge in [-0.1, -0.05) is 48.0 Å². The van der Waals surface area contributed by atoms with Gasteiger partial charge in [-0.3, -0.25) is 4.79 Å². The molecule has 2 nitrogen and oxygen atoms in total. The Morgan fingerprint density at radius 1 is 1.05 bits per heavy atom. The smallest absolute Gasteiger partial charge is 0.222 e. The molecule has 2 aliphatic rings. The van der Waals surface area contributed by atoms with Crippen LogP contribution >= 0.6 is 11.6 Å². The molecular formula is C19H18ClNO. The fourth-order valence-corrected chi connectivity index (χ4v) is 4.37. The SMILES string of the molecule is CN1C(=O)CCC2C(c3ccc(Cl)cc3)c3ccccc3C21. The van der Waals surface area contributed by atoms with Crippen LogP contribution in [0, 0.1) is 5.92 Å². The maximum atomic E-state index is 12.1. The van der Waals surface area contributed by atoms with Gasteiger partial charge in [0.15, 0.2) is 0 Å². The Hall–Kier alpha value is -1.80. The maximum absolute atomic E-state index is 12.1. The molecular weight excluding hydrogens is 294 g/mol. The summed E-state index contributed by atoms with van der Waals surface area (Å²) in [7, 11) is 1.94. The number of likely N-dealkylation sites (tertiary alicyclic amines) is 1. The fraction of sp³-hybridized carbons (Fsp3) is 0.316. The summed E-state index contributed by atoms with van der Waals surface area (Å²) < 4.78 is 0. The van der Waals surface area contributed by atoms with Gasteiger partial charge in [0.05, 0.1) is 6.04 Å². The van der Waals surface area contributed by atoms with Crippen LogP contribution < -0.4 is 0 Å². The summed E-state index contributed by atoms with van der Waals surface area (Å²) >= 11 is 6.05. The molecule has 4 rings (SSSR count). The van der Waals surface area contributed by atoms with Crippen molar-refractivity contribution in [3.63, 3.8) is 0 Å². The van der Waals surface area contributed by atoms with Crippen molar-refractivity contribution in [2.24, 2.45) is 5.92 Å². The summed E-state index contributed by atoms with van der Waals surface area (Å²) in [6.07, 6.45) is 1.60. The highest BCUT2D eigenvalue weighted by molar-refractivity contribution is 6.30. The van der Waals surface area contributed by atoms with Crippen molar-refractivity contribution < 1.29 is 4.79 Å². The van der Waals surface area contributed by atoms with Gasteiger partial charge in [-0.2, -0.15) is 0 Å². The van der Waals surface area contributed by atoms with Crippen LogP contribution in [0.4, 0.5) is 0 Å². The Morgan fingerprint density at radius 3 is 2.45 bits per heavy atom. The van der Waals surface area contributed by atoms with Gasteiger partial charge in [-0.25, -0.2) is 0 Å². The van der Waals surface area contributed by atoms with Gasteiger partial charge in [0.25, 0.3) is 0 Å². The van der Waals surface area contributed by atoms with E-state index in [9.17, 15) is 4.79 Å². The number of hydrogen-bond donors (Lipinski definition) is 0. The van der Waals surface area contributed by atoms with Gasteiger partial charge in [0.2, 0.25) is 5.91 Å². The number of rotatable bonds is 1. The van der Waals surface area contributed by atoms with Gasteiger partial charge >= 0.3 is 0 Å². The van der Waals surface area contributed by atoms with E-state index in [1.807, 2.05) is 24.1 Å². The highest BCUT2D eigenvalue weighted by Crippen LogP contribution is 2.54. The van der Waals surface area contributed by atoms with Crippen molar-refractivity contribution in [2.75, 3.05) is 7.05 Å². The zero-order valence-corrected chi connectivity index (χ0v) is 13.3. The van der Waals surface area contributed by atoms with Gasteiger partial charge in [-0.15, -0.1) is 0 Å². The lowest BCUT2D eigenvalue weighted by Gasteiger charge is -2.37. The van der Waals surface area contributed by atoms with E-state index < -0.39 is 0 Å². The molecule has 1 amide bonds. The molecule has 3 unspecified atom stereocenters. The van der Waals surface area contributed by atoms with Crippen LogP contribution in [-0.4, -0.2) is 17.9 Å². The topological polar surface area (TPSA) is 20.3 Å². The van der Waals surface area contributed by atoms with E-state index in [0.717, 1.165) is 11.4 Å². The van der Waals surface area contributed by atoms with E-state index in [0.29, 0.717) is 18.3 Å². The van der Waals surface area contributed by atoms with Crippen molar-refractivity contribution in [2.45, 2.75) is 24.8 Å². The molecule has 0 radical (unpaired) electrons. The lowest BCUT2D eigenvalue weighted by atomic mass is 9.80. The Labute approximate surface area is 135 Å². The number of hydrogen-bond acceptors (Lipinski definition) is 1. The average molecular weight is 312 g/mol. The normalized spacial score (nSPS) is 26.7. The molecule has 1 heterocycles. The predicted molar refractivity (Wildman–Crippen MR) is 88.0 cm³/mol. The number of amides is 1. The van der Waals surface area contributed by atoms with E-state index in [1.54, 1.807) is 0 Å². The first-order valence-corrected chi connectivity index (χ1v) is 8.14. The minimum absolute atomic E-state index is 0.207. The highest BCUT2D eigenvalue weighted by atomic mass is 35.5. The van der Waals surface area contributed by atoms with Gasteiger partial charge < -0.3 is 4.90 Å². The third-order valence-electron chi connectivity index (χ3n) is 5.21. The second-order valence-corrected chi connectivity index (χ2v) is 6.75. The van der Waals surface area contributed by atoms with Crippen molar-refractivity contribution in [3.05, 3.63) is 70.2 Å². The summed E-state index contributed by atoms with van der Waals surface area (Å²) in [4.78, 5) is 14.1. The minimum Gasteiger partial charge on any atom is -0.338 e. The molecule has 1 aliphatic carbocycles. The Balaban J connectivity index is 1.85. The largest absolute Gasteiger partial charge is 0.338 e. The molecule has 0 N–H and O–H groups in total. The van der Waals surface area contributed by atoms with E-state index in [1.165, 1.54) is 16.7 Å². The lowest BCUT2D eigenvalue weighted by molar-refractivity contribution is -0.136. The molecule has 1 aliphatic heterocycles. The zero-order chi connectivity index (χ0) is 15.3. The second kappa shape index (κ2) is 5.13. The molecule has 2 aromatic carbocycles. The third-order valence-corrected chi connectivity index (χ3v) is 5.47. The van der Waals surface area contributed by atoms with Crippen LogP contribution in [0.3, 0.4) is 0 Å². The first kappa shape index (κ1) is 13.8. The van der Waals surface area contributed by atoms with Crippen molar-refractivity contribution >= 4 is 17.5 Å². The molecule has 0 aromatic heterocycles. The minimum atomic E-state index is 0.207. The summed E-state index contributed by atoms with van der Waals surface area (Å²) in [5, 5.41) is 0.766. The molecule has 1 fully saturated rings. The van der Waals surface area contributed by atoms with Crippen LogP contribution in [0.2, 0.25) is 5.02 Å². The summed E-state index contributed by atoms with van der Waals surface area (Å²) in [5.41, 5.74) is 3.97. The molecule has 112 valence electrons. The number of halogens is 1. The second-order valence-electron chi connectivity index (χ2n) is 6.31. The molecule has 22 heavy (non-hydrogen) atoms. The quantitative estimate of drug-likeness (QED) is 0.764. The number of fused-ring (bicyclic) bond motifs is 3. The number of nitrogens with zero attached hydrogens (tertiary/aromatic N) is 1. The summed E-state index contributed by atoms with van der Waals surface area (Å²) in [6, 6.07) is 17.0. The molecule has 0 spiro atoms. The summed E-state index contributed by atoms with van der Waals surface area (Å²) in [6.45, 7) is 0. The molecule has 0 bridgehead atoms. The monoisotopic (exact) mass is 311 g/mol. The lowest BCUT2D eigenvalue weighted by Crippen LogP contribution is -2.39. The van der Waals surface area contributed by atoms with Gasteiger partial charge in [0.1, 0.15) is 0 Å². The van der Waals surface area contributed by atoms with Crippen molar-refractivity contribution in [3.8, 4) is 0 Å². The maximum Gasteiger partial charge on any atom is 0.222 e. The third kappa shape index (κ3) is 1.98. The Morgan fingerprint density at radius 2 is 1.73 bits per heavy atom. The molecule has 2 aromatic rings. The number of carbonyl (C=O) groups excluding carboxylic acids is 1. The zero-order valence-electron chi connectivity index (χ0n) is 12.5. The van der Waals surface area contributed by atoms with Crippen LogP contribution in [0.5, 0.6) is 0 Å². The first-order chi connectivity index (χ1) is 10.7. The predicted octanol–water partition coefficient (Wildman–Crippen LogP) is 4.40. The fourth-order valence-electron chi connectivity index (χ4n) is 4.25. The number of piperidine rings is 1. The van der Waals surface area contributed by atoms with Crippen molar-refractivity contribution in [1.29, 1.82) is 0 Å². The van der Waals surface area contributed by atoms with Crippen LogP contribution in [-0.2, 0) is 4.79 Å². The standard InChI is InChI=1S/C19H18ClNO/c1-21-17(22)11-10-16-18(12-6-8-13(20)9-7-12)14-4-2-3-5-15(14)19(16)21/h2-9,16,18-19H,10-11H2,1H3. The van der Waals surface area contributed by atoms with Crippen molar-refractivity contribution in [1.82, 2.24) is 4.90 Å². The highest BCUT2D eigenvalue weighted by Gasteiger charge is 2.46. The van der Waals surface area contributed by atoms with Gasteiger partial charge in [0, 0.05) is 24.4 Å². The molecule has 3 heteroatoms. The van der Waals surface area contributed by atoms with Crippen LogP contribution in [0.25, 0.3) is 0 Å². The van der Waals surface area contributed by atoms with E-state index >= 15 is 0 Å². The van der Waals surface area contributed by atoms with E-state index in [2.05, 4.69) is 36.4 Å².